The SMILES string of the molecule is C.C[C@@H]1CCCN1Cc1sc(Cc2ncnc(N3CCN(CCC(=O)O)CC3)c2F)nc1-c1cc(F)cc(C(F)(F)F)c1. The molecule has 5 rings (SSSR count). The third kappa shape index (κ3) is 7.84. The predicted octanol–water partition coefficient (Wildman–Crippen LogP) is 5.71. The Labute approximate surface area is 251 Å². The van der Waals surface area contributed by atoms with Gasteiger partial charge in [-0.3, -0.25) is 14.6 Å². The Morgan fingerprint density at radius 3 is 2.49 bits per heavy atom. The minimum Gasteiger partial charge on any atom is -0.481 e. The van der Waals surface area contributed by atoms with Crippen molar-refractivity contribution in [3.63, 3.8) is 0 Å². The van der Waals surface area contributed by atoms with Gasteiger partial charge in [-0.1, -0.05) is 7.43 Å². The molecular weight excluding hydrogens is 591 g/mol. The lowest BCUT2D eigenvalue weighted by Crippen LogP contribution is -2.47. The topological polar surface area (TPSA) is 85.7 Å². The van der Waals surface area contributed by atoms with Crippen molar-refractivity contribution in [2.45, 2.75) is 58.8 Å². The number of hydrogen-bond acceptors (Lipinski definition) is 8. The first-order valence-corrected chi connectivity index (χ1v) is 14.6. The molecule has 2 aliphatic heterocycles. The summed E-state index contributed by atoms with van der Waals surface area (Å²) in [5, 5.41) is 9.36. The number of benzene rings is 1. The van der Waals surface area contributed by atoms with E-state index in [1.165, 1.54) is 17.7 Å². The molecule has 1 atom stereocenters. The average molecular weight is 627 g/mol. The number of aromatic nitrogens is 3. The van der Waals surface area contributed by atoms with E-state index in [-0.39, 0.29) is 49.1 Å². The van der Waals surface area contributed by atoms with E-state index in [9.17, 15) is 22.4 Å². The van der Waals surface area contributed by atoms with Crippen LogP contribution in [0.3, 0.4) is 0 Å². The minimum atomic E-state index is -4.72. The molecule has 2 fully saturated rings. The van der Waals surface area contributed by atoms with Gasteiger partial charge in [0.2, 0.25) is 0 Å². The Bertz CT molecular complexity index is 1430. The second kappa shape index (κ2) is 13.6. The molecule has 3 aromatic rings. The molecule has 0 bridgehead atoms. The summed E-state index contributed by atoms with van der Waals surface area (Å²) < 4.78 is 70.5. The first-order chi connectivity index (χ1) is 20.0. The van der Waals surface area contributed by atoms with E-state index in [1.807, 2.05) is 4.90 Å². The largest absolute Gasteiger partial charge is 0.481 e. The second-order valence-corrected chi connectivity index (χ2v) is 11.8. The van der Waals surface area contributed by atoms with Crippen LogP contribution < -0.4 is 4.90 Å². The minimum absolute atomic E-state index is 0. The molecular formula is C29H35F5N6O2S. The van der Waals surface area contributed by atoms with Gasteiger partial charge >= 0.3 is 12.1 Å². The van der Waals surface area contributed by atoms with Crippen LogP contribution in [0.15, 0.2) is 24.5 Å². The molecule has 43 heavy (non-hydrogen) atoms. The van der Waals surface area contributed by atoms with Crippen LogP contribution >= 0.6 is 11.3 Å². The lowest BCUT2D eigenvalue weighted by molar-refractivity contribution is -0.138. The van der Waals surface area contributed by atoms with Gasteiger partial charge < -0.3 is 10.0 Å². The number of carboxylic acid groups (broad SMARTS) is 1. The van der Waals surface area contributed by atoms with Crippen LogP contribution in [0.1, 0.15) is 54.8 Å². The van der Waals surface area contributed by atoms with Gasteiger partial charge in [0.05, 0.1) is 28.4 Å². The van der Waals surface area contributed by atoms with Crippen molar-refractivity contribution in [1.82, 2.24) is 24.8 Å². The number of halogens is 5. The smallest absolute Gasteiger partial charge is 0.416 e. The van der Waals surface area contributed by atoms with Crippen molar-refractivity contribution in [3.05, 3.63) is 57.3 Å². The Morgan fingerprint density at radius 1 is 1.09 bits per heavy atom. The van der Waals surface area contributed by atoms with E-state index in [0.29, 0.717) is 55.2 Å². The van der Waals surface area contributed by atoms with Crippen LogP contribution in [-0.2, 0) is 23.9 Å². The first kappa shape index (κ1) is 32.7. The van der Waals surface area contributed by atoms with Crippen molar-refractivity contribution in [1.29, 1.82) is 0 Å². The fourth-order valence-corrected chi connectivity index (χ4v) is 6.55. The van der Waals surface area contributed by atoms with Crippen molar-refractivity contribution in [3.8, 4) is 11.3 Å². The highest BCUT2D eigenvalue weighted by Crippen LogP contribution is 2.37. The monoisotopic (exact) mass is 626 g/mol. The maximum Gasteiger partial charge on any atom is 0.416 e. The van der Waals surface area contributed by atoms with Gasteiger partial charge in [0, 0.05) is 62.2 Å². The molecule has 2 aliphatic rings. The fourth-order valence-electron chi connectivity index (χ4n) is 5.43. The highest BCUT2D eigenvalue weighted by atomic mass is 32.1. The molecule has 0 unspecified atom stereocenters. The van der Waals surface area contributed by atoms with Gasteiger partial charge in [-0.15, -0.1) is 11.3 Å². The van der Waals surface area contributed by atoms with E-state index >= 15 is 4.39 Å². The standard InChI is InChI=1S/C28H31F5N6O2S.CH4/c1-17-3-2-5-39(17)15-22-26(18-11-19(28(31,32)33)13-20(29)12-18)36-23(42-22)14-21-25(30)27(35-16-34-21)38-9-7-37(8-10-38)6-4-24(40)41;/h11-13,16-17H,2-10,14-15H2,1H3,(H,40,41);1H4/t17-;/m1./s1. The van der Waals surface area contributed by atoms with E-state index in [2.05, 4.69) is 26.8 Å². The molecule has 2 aromatic heterocycles. The molecule has 0 aliphatic carbocycles. The summed E-state index contributed by atoms with van der Waals surface area (Å²) in [5.74, 6) is -2.34. The summed E-state index contributed by atoms with van der Waals surface area (Å²) >= 11 is 1.26. The zero-order chi connectivity index (χ0) is 30.0. The predicted molar refractivity (Wildman–Crippen MR) is 154 cm³/mol. The number of rotatable bonds is 9. The van der Waals surface area contributed by atoms with Crippen molar-refractivity contribution in [2.75, 3.05) is 44.2 Å². The van der Waals surface area contributed by atoms with Gasteiger partial charge in [-0.05, 0) is 44.5 Å². The van der Waals surface area contributed by atoms with Crippen molar-refractivity contribution >= 4 is 23.1 Å². The number of piperazine rings is 1. The molecule has 1 aromatic carbocycles. The zero-order valence-electron chi connectivity index (χ0n) is 23.0. The van der Waals surface area contributed by atoms with E-state index in [4.69, 9.17) is 5.11 Å². The maximum absolute atomic E-state index is 15.7. The number of alkyl halides is 3. The summed E-state index contributed by atoms with van der Waals surface area (Å²) in [6, 6.07) is 2.69. The number of carboxylic acids is 1. The normalized spacial score (nSPS) is 18.2. The lowest BCUT2D eigenvalue weighted by Gasteiger charge is -2.35. The molecule has 0 amide bonds. The Kier molecular flexibility index (Phi) is 10.3. The average Bonchev–Trinajstić information content (AvgIpc) is 3.53. The summed E-state index contributed by atoms with van der Waals surface area (Å²) in [5.41, 5.74) is -0.713. The van der Waals surface area contributed by atoms with Crippen LogP contribution in [0.4, 0.5) is 27.8 Å². The number of nitrogens with zero attached hydrogens (tertiary/aromatic N) is 6. The lowest BCUT2D eigenvalue weighted by atomic mass is 10.1. The van der Waals surface area contributed by atoms with Crippen LogP contribution in [0, 0.1) is 11.6 Å². The van der Waals surface area contributed by atoms with Gasteiger partial charge in [-0.2, -0.15) is 13.2 Å². The highest BCUT2D eigenvalue weighted by molar-refractivity contribution is 7.12. The molecule has 1 N–H and O–H groups in total. The summed E-state index contributed by atoms with van der Waals surface area (Å²) in [6.07, 6.45) is -1.41. The van der Waals surface area contributed by atoms with Crippen LogP contribution in [0.2, 0.25) is 0 Å². The number of hydrogen-bond donors (Lipinski definition) is 1. The Morgan fingerprint density at radius 2 is 1.84 bits per heavy atom. The van der Waals surface area contributed by atoms with E-state index < -0.39 is 29.3 Å². The molecule has 234 valence electrons. The Hall–Kier alpha value is -3.23. The summed E-state index contributed by atoms with van der Waals surface area (Å²) in [4.78, 5) is 30.4. The third-order valence-corrected chi connectivity index (χ3v) is 8.79. The first-order valence-electron chi connectivity index (χ1n) is 13.8. The zero-order valence-corrected chi connectivity index (χ0v) is 23.8. The summed E-state index contributed by atoms with van der Waals surface area (Å²) in [6.45, 7) is 5.83. The van der Waals surface area contributed by atoms with E-state index in [0.717, 1.165) is 31.5 Å². The maximum atomic E-state index is 15.7. The quantitative estimate of drug-likeness (QED) is 0.303. The highest BCUT2D eigenvalue weighted by Gasteiger charge is 2.32. The van der Waals surface area contributed by atoms with Crippen molar-refractivity contribution in [2.24, 2.45) is 0 Å². The number of likely N-dealkylation sites (tertiary alicyclic amines) is 1. The molecule has 8 nitrogen and oxygen atoms in total. The molecule has 0 radical (unpaired) electrons. The van der Waals surface area contributed by atoms with Crippen LogP contribution in [0.5, 0.6) is 0 Å². The fraction of sp³-hybridized carbons (Fsp3) is 0.517. The molecule has 14 heteroatoms. The molecule has 0 saturated carbocycles. The molecule has 4 heterocycles. The van der Waals surface area contributed by atoms with Gasteiger partial charge in [0.25, 0.3) is 0 Å². The number of aliphatic carboxylic acids is 1. The van der Waals surface area contributed by atoms with Gasteiger partial charge in [0.15, 0.2) is 11.6 Å². The number of carbonyl (C=O) groups is 1. The second-order valence-electron chi connectivity index (χ2n) is 10.7. The van der Waals surface area contributed by atoms with Gasteiger partial charge in [0.1, 0.15) is 12.1 Å². The van der Waals surface area contributed by atoms with Crippen molar-refractivity contribution < 1.29 is 31.9 Å². The summed E-state index contributed by atoms with van der Waals surface area (Å²) in [7, 11) is 0. The van der Waals surface area contributed by atoms with Gasteiger partial charge in [-0.25, -0.2) is 23.7 Å². The number of thiazole rings is 1. The number of anilines is 1. The third-order valence-electron chi connectivity index (χ3n) is 7.75. The van der Waals surface area contributed by atoms with E-state index in [1.54, 1.807) is 4.90 Å². The molecule has 0 spiro atoms. The Balaban J connectivity index is 0.00000423. The van der Waals surface area contributed by atoms with Crippen LogP contribution in [0.25, 0.3) is 11.3 Å². The van der Waals surface area contributed by atoms with Crippen LogP contribution in [-0.4, -0.2) is 81.1 Å². The molecule has 2 saturated heterocycles.